The van der Waals surface area contributed by atoms with Crippen LogP contribution in [-0.4, -0.2) is 102 Å². The van der Waals surface area contributed by atoms with Crippen LogP contribution in [0.4, 0.5) is 17.3 Å². The van der Waals surface area contributed by atoms with Crippen molar-refractivity contribution >= 4 is 28.1 Å². The van der Waals surface area contributed by atoms with Gasteiger partial charge in [-0.25, -0.2) is 9.97 Å². The Labute approximate surface area is 332 Å². The van der Waals surface area contributed by atoms with Crippen LogP contribution in [0.3, 0.4) is 0 Å². The maximum absolute atomic E-state index is 11.1. The molecule has 2 N–H and O–H groups in total. The van der Waals surface area contributed by atoms with E-state index in [4.69, 9.17) is 33.7 Å². The molecule has 2 unspecified atom stereocenters. The second kappa shape index (κ2) is 16.6. The van der Waals surface area contributed by atoms with Crippen LogP contribution in [0.5, 0.6) is 23.0 Å². The summed E-state index contributed by atoms with van der Waals surface area (Å²) in [7, 11) is 6.60. The SMILES string of the molecule is COc1ccc(CN(Cc2ccc(OC)cc2OC)c2nc(-c3cnccc3C)cc3cc(Nc4cnn(C5CCN(C6COC6)CC5O)c4)ncc23)c(OC)c1. The number of rotatable bonds is 14. The normalized spacial score (nSPS) is 17.2. The Hall–Kier alpha value is -5.96. The van der Waals surface area contributed by atoms with Crippen molar-refractivity contribution in [3.8, 4) is 34.3 Å². The molecule has 0 spiro atoms. The lowest BCUT2D eigenvalue weighted by Crippen LogP contribution is -2.55. The zero-order chi connectivity index (χ0) is 39.5. The standard InChI is InChI=1S/C43H48N8O6/c1-27-10-12-44-19-35(27)37-14-30-15-42(47-31-18-46-51(23-31)38-11-13-49(24-39(38)52)32-25-57-26-32)45-20-36(30)43(48-37)50(21-28-6-8-33(53-2)16-40(28)55-4)22-29-7-9-34(54-3)17-41(29)56-5/h6-10,12,14-20,23,32,38-39,52H,11,13,21-22,24-26H2,1-5H3,(H,45,47). The highest BCUT2D eigenvalue weighted by molar-refractivity contribution is 5.96. The number of ether oxygens (including phenoxy) is 5. The number of aryl methyl sites for hydroxylation is 1. The molecule has 2 saturated heterocycles. The zero-order valence-corrected chi connectivity index (χ0v) is 32.9. The smallest absolute Gasteiger partial charge is 0.139 e. The van der Waals surface area contributed by atoms with Crippen LogP contribution in [0.25, 0.3) is 22.0 Å². The number of nitrogens with zero attached hydrogens (tertiary/aromatic N) is 7. The van der Waals surface area contributed by atoms with Crippen molar-refractivity contribution in [2.45, 2.75) is 44.6 Å². The third kappa shape index (κ3) is 8.01. The van der Waals surface area contributed by atoms with Crippen LogP contribution >= 0.6 is 0 Å². The molecule has 4 aromatic heterocycles. The van der Waals surface area contributed by atoms with Crippen molar-refractivity contribution in [2.75, 3.05) is 65.0 Å². The van der Waals surface area contributed by atoms with E-state index in [0.29, 0.717) is 54.5 Å². The average molecular weight is 773 g/mol. The molecular weight excluding hydrogens is 725 g/mol. The molecule has 0 amide bonds. The summed E-state index contributed by atoms with van der Waals surface area (Å²) in [6.07, 6.45) is 9.50. The first-order valence-corrected chi connectivity index (χ1v) is 19.0. The van der Waals surface area contributed by atoms with Crippen molar-refractivity contribution in [1.82, 2.24) is 29.6 Å². The fourth-order valence-corrected chi connectivity index (χ4v) is 7.64. The Morgan fingerprint density at radius 2 is 1.60 bits per heavy atom. The summed E-state index contributed by atoms with van der Waals surface area (Å²) in [5.74, 6) is 4.16. The summed E-state index contributed by atoms with van der Waals surface area (Å²) < 4.78 is 30.0. The number of fused-ring (bicyclic) bond motifs is 1. The maximum Gasteiger partial charge on any atom is 0.139 e. The van der Waals surface area contributed by atoms with Gasteiger partial charge in [0, 0.05) is 85.2 Å². The monoisotopic (exact) mass is 772 g/mol. The molecule has 2 fully saturated rings. The number of nitrogens with one attached hydrogen (secondary N) is 1. The average Bonchev–Trinajstić information content (AvgIpc) is 3.67. The van der Waals surface area contributed by atoms with E-state index in [1.165, 1.54) is 0 Å². The minimum absolute atomic E-state index is 0.110. The highest BCUT2D eigenvalue weighted by Crippen LogP contribution is 2.37. The Balaban J connectivity index is 1.17. The van der Waals surface area contributed by atoms with Gasteiger partial charge in [0.25, 0.3) is 0 Å². The quantitative estimate of drug-likeness (QED) is 0.130. The van der Waals surface area contributed by atoms with Crippen LogP contribution < -0.4 is 29.2 Å². The number of aliphatic hydroxyl groups is 1. The molecular formula is C43H48N8O6. The number of pyridine rings is 3. The lowest BCUT2D eigenvalue weighted by Gasteiger charge is -2.43. The molecule has 2 aromatic carbocycles. The summed E-state index contributed by atoms with van der Waals surface area (Å²) in [5.41, 5.74) is 5.42. The Bertz CT molecular complexity index is 2290. The zero-order valence-electron chi connectivity index (χ0n) is 32.9. The largest absolute Gasteiger partial charge is 0.497 e. The first-order valence-electron chi connectivity index (χ1n) is 19.0. The molecule has 0 bridgehead atoms. The van der Waals surface area contributed by atoms with E-state index in [-0.39, 0.29) is 6.04 Å². The second-order valence-electron chi connectivity index (χ2n) is 14.5. The molecule has 0 saturated carbocycles. The van der Waals surface area contributed by atoms with E-state index in [1.54, 1.807) is 40.8 Å². The molecule has 0 radical (unpaired) electrons. The molecule has 8 rings (SSSR count). The number of aliphatic hydroxyl groups excluding tert-OH is 1. The van der Waals surface area contributed by atoms with E-state index in [2.05, 4.69) is 38.2 Å². The summed E-state index contributed by atoms with van der Waals surface area (Å²) in [5, 5.41) is 21.0. The summed E-state index contributed by atoms with van der Waals surface area (Å²) in [6.45, 7) is 5.92. The first kappa shape index (κ1) is 37.9. The van der Waals surface area contributed by atoms with Gasteiger partial charge in [-0.2, -0.15) is 5.10 Å². The van der Waals surface area contributed by atoms with Crippen LogP contribution in [0.1, 0.15) is 29.2 Å². The van der Waals surface area contributed by atoms with Gasteiger partial charge < -0.3 is 39.0 Å². The number of hydrogen-bond acceptors (Lipinski definition) is 13. The molecule has 14 nitrogen and oxygen atoms in total. The van der Waals surface area contributed by atoms with Crippen LogP contribution in [-0.2, 0) is 17.8 Å². The molecule has 296 valence electrons. The molecule has 2 atom stereocenters. The first-order chi connectivity index (χ1) is 27.8. The fraction of sp³-hybridized carbons (Fsp3) is 0.349. The molecule has 6 heterocycles. The van der Waals surface area contributed by atoms with E-state index in [0.717, 1.165) is 76.4 Å². The Morgan fingerprint density at radius 3 is 2.21 bits per heavy atom. The van der Waals surface area contributed by atoms with Crippen molar-refractivity contribution < 1.29 is 28.8 Å². The van der Waals surface area contributed by atoms with Crippen molar-refractivity contribution in [3.05, 3.63) is 102 Å². The molecule has 2 aliphatic rings. The highest BCUT2D eigenvalue weighted by atomic mass is 16.5. The number of anilines is 3. The van der Waals surface area contributed by atoms with Gasteiger partial charge in [0.05, 0.1) is 77.4 Å². The van der Waals surface area contributed by atoms with Gasteiger partial charge in [0.2, 0.25) is 0 Å². The predicted molar refractivity (Wildman–Crippen MR) is 218 cm³/mol. The number of hydrogen-bond donors (Lipinski definition) is 2. The van der Waals surface area contributed by atoms with Crippen LogP contribution in [0.2, 0.25) is 0 Å². The van der Waals surface area contributed by atoms with Gasteiger partial charge in [-0.3, -0.25) is 14.6 Å². The van der Waals surface area contributed by atoms with E-state index >= 15 is 0 Å². The summed E-state index contributed by atoms with van der Waals surface area (Å²) in [6, 6.07) is 18.1. The highest BCUT2D eigenvalue weighted by Gasteiger charge is 2.35. The Morgan fingerprint density at radius 1 is 0.877 bits per heavy atom. The van der Waals surface area contributed by atoms with Crippen LogP contribution in [0, 0.1) is 6.92 Å². The number of methoxy groups -OCH3 is 4. The second-order valence-corrected chi connectivity index (χ2v) is 14.5. The van der Waals surface area contributed by atoms with Gasteiger partial charge in [0.15, 0.2) is 0 Å². The lowest BCUT2D eigenvalue weighted by atomic mass is 10.00. The van der Waals surface area contributed by atoms with Crippen molar-refractivity contribution in [1.29, 1.82) is 0 Å². The number of likely N-dealkylation sites (tertiary alicyclic amines) is 1. The fourth-order valence-electron chi connectivity index (χ4n) is 7.64. The number of aromatic nitrogens is 5. The topological polar surface area (TPSA) is 141 Å². The number of β-amino-alcohol motifs (C(OH)–C–C–N with tert-alkyl or cyclic N) is 1. The van der Waals surface area contributed by atoms with Crippen LogP contribution in [0.15, 0.2) is 85.6 Å². The maximum atomic E-state index is 11.1. The van der Waals surface area contributed by atoms with Gasteiger partial charge in [0.1, 0.15) is 34.6 Å². The lowest BCUT2D eigenvalue weighted by molar-refractivity contribution is -0.0945. The summed E-state index contributed by atoms with van der Waals surface area (Å²) >= 11 is 0. The molecule has 6 aromatic rings. The number of benzene rings is 2. The van der Waals surface area contributed by atoms with Crippen molar-refractivity contribution in [2.24, 2.45) is 0 Å². The molecule has 14 heteroatoms. The molecule has 2 aliphatic heterocycles. The van der Waals surface area contributed by atoms with Gasteiger partial charge in [-0.15, -0.1) is 0 Å². The molecule has 57 heavy (non-hydrogen) atoms. The number of piperidine rings is 1. The van der Waals surface area contributed by atoms with Gasteiger partial charge in [-0.1, -0.05) is 0 Å². The van der Waals surface area contributed by atoms with E-state index in [9.17, 15) is 5.11 Å². The molecule has 0 aliphatic carbocycles. The third-order valence-corrected chi connectivity index (χ3v) is 10.9. The van der Waals surface area contributed by atoms with Gasteiger partial charge >= 0.3 is 0 Å². The third-order valence-electron chi connectivity index (χ3n) is 10.9. The Kier molecular flexibility index (Phi) is 11.1. The van der Waals surface area contributed by atoms with Crippen molar-refractivity contribution in [3.63, 3.8) is 0 Å². The van der Waals surface area contributed by atoms with E-state index in [1.807, 2.05) is 71.8 Å². The minimum Gasteiger partial charge on any atom is -0.497 e. The minimum atomic E-state index is -0.523. The summed E-state index contributed by atoms with van der Waals surface area (Å²) in [4.78, 5) is 19.2. The predicted octanol–water partition coefficient (Wildman–Crippen LogP) is 6.19. The van der Waals surface area contributed by atoms with E-state index < -0.39 is 6.10 Å². The van der Waals surface area contributed by atoms with Gasteiger partial charge in [-0.05, 0) is 66.8 Å².